The lowest BCUT2D eigenvalue weighted by molar-refractivity contribution is 0.614. The van der Waals surface area contributed by atoms with Crippen LogP contribution in [0.4, 0.5) is 0 Å². The van der Waals surface area contributed by atoms with E-state index in [0.29, 0.717) is 10.0 Å². The topological polar surface area (TPSA) is 38.0 Å². The Morgan fingerprint density at radius 2 is 2.06 bits per heavy atom. The molecule has 0 saturated carbocycles. The number of nitrogens with two attached hydrogens (primary N) is 1. The molecule has 0 fully saturated rings. The van der Waals surface area contributed by atoms with Gasteiger partial charge in [-0.25, -0.2) is 0 Å². The van der Waals surface area contributed by atoms with Crippen LogP contribution in [0.1, 0.15) is 19.4 Å². The fourth-order valence-corrected chi connectivity index (χ4v) is 1.81. The highest BCUT2D eigenvalue weighted by Crippen LogP contribution is 2.23. The van der Waals surface area contributed by atoms with Crippen molar-refractivity contribution >= 4 is 23.2 Å². The summed E-state index contributed by atoms with van der Waals surface area (Å²) in [5.41, 5.74) is 5.09. The Bertz CT molecular complexity index is 385. The molecule has 0 heterocycles. The summed E-state index contributed by atoms with van der Waals surface area (Å²) >= 11 is 11.8. The van der Waals surface area contributed by atoms with Crippen molar-refractivity contribution in [1.29, 1.82) is 0 Å². The van der Waals surface area contributed by atoms with E-state index >= 15 is 0 Å². The van der Waals surface area contributed by atoms with Gasteiger partial charge in [-0.1, -0.05) is 40.9 Å². The molecule has 0 bridgehead atoms. The van der Waals surface area contributed by atoms with E-state index in [1.54, 1.807) is 6.07 Å². The van der Waals surface area contributed by atoms with E-state index in [0.717, 1.165) is 12.0 Å². The van der Waals surface area contributed by atoms with Crippen LogP contribution in [0.5, 0.6) is 0 Å². The van der Waals surface area contributed by atoms with Crippen molar-refractivity contribution < 1.29 is 0 Å². The minimum atomic E-state index is 0.113. The van der Waals surface area contributed by atoms with E-state index in [1.807, 2.05) is 26.0 Å². The molecule has 1 aromatic rings. The number of hydrogen-bond acceptors (Lipinski definition) is 2. The summed E-state index contributed by atoms with van der Waals surface area (Å²) in [6, 6.07) is 5.74. The zero-order valence-electron chi connectivity index (χ0n) is 9.43. The van der Waals surface area contributed by atoms with Crippen LogP contribution in [0.3, 0.4) is 0 Å². The first kappa shape index (κ1) is 13.5. The van der Waals surface area contributed by atoms with Gasteiger partial charge in [0, 0.05) is 6.04 Å². The number of rotatable bonds is 4. The van der Waals surface area contributed by atoms with Crippen molar-refractivity contribution in [2.75, 3.05) is 0 Å². The van der Waals surface area contributed by atoms with Gasteiger partial charge < -0.3 is 0 Å². The van der Waals surface area contributed by atoms with Crippen molar-refractivity contribution in [2.45, 2.75) is 26.3 Å². The second-order valence-electron chi connectivity index (χ2n) is 3.97. The highest BCUT2D eigenvalue weighted by Gasteiger charge is 2.06. The third kappa shape index (κ3) is 4.14. The Morgan fingerprint density at radius 1 is 1.38 bits per heavy atom. The van der Waals surface area contributed by atoms with Gasteiger partial charge in [0.2, 0.25) is 0 Å². The van der Waals surface area contributed by atoms with Crippen LogP contribution >= 0.6 is 23.2 Å². The molecule has 3 N–H and O–H groups in total. The van der Waals surface area contributed by atoms with Gasteiger partial charge in [-0.2, -0.15) is 0 Å². The van der Waals surface area contributed by atoms with E-state index < -0.39 is 0 Å². The fourth-order valence-electron chi connectivity index (χ4n) is 1.49. The molecule has 1 atom stereocenters. The molecule has 0 aliphatic heterocycles. The third-order valence-electron chi connectivity index (χ3n) is 2.19. The summed E-state index contributed by atoms with van der Waals surface area (Å²) in [6.07, 6.45) is 2.88. The van der Waals surface area contributed by atoms with Crippen LogP contribution < -0.4 is 11.3 Å². The first-order chi connectivity index (χ1) is 7.52. The predicted octanol–water partition coefficient (Wildman–Crippen LogP) is 3.33. The minimum Gasteiger partial charge on any atom is -0.271 e. The average Bonchev–Trinajstić information content (AvgIpc) is 2.22. The molecule has 1 rings (SSSR count). The molecule has 16 heavy (non-hydrogen) atoms. The first-order valence-electron chi connectivity index (χ1n) is 5.08. The van der Waals surface area contributed by atoms with Gasteiger partial charge in [0.05, 0.1) is 10.0 Å². The van der Waals surface area contributed by atoms with E-state index in [1.165, 1.54) is 5.57 Å². The largest absolute Gasteiger partial charge is 0.271 e. The molecule has 1 aromatic carbocycles. The molecule has 0 aromatic heterocycles. The minimum absolute atomic E-state index is 0.113. The van der Waals surface area contributed by atoms with E-state index in [2.05, 4.69) is 11.5 Å². The Balaban J connectivity index is 2.78. The molecule has 1 unspecified atom stereocenters. The van der Waals surface area contributed by atoms with Crippen LogP contribution in [0.15, 0.2) is 29.8 Å². The van der Waals surface area contributed by atoms with Gasteiger partial charge in [-0.3, -0.25) is 11.3 Å². The number of halogens is 2. The lowest BCUT2D eigenvalue weighted by atomic mass is 10.0. The Morgan fingerprint density at radius 3 is 2.56 bits per heavy atom. The Labute approximate surface area is 106 Å². The molecule has 2 nitrogen and oxygen atoms in total. The SMILES string of the molecule is CC(C)=CC(Cc1ccc(Cl)c(Cl)c1)NN. The van der Waals surface area contributed by atoms with Crippen molar-refractivity contribution in [3.05, 3.63) is 45.5 Å². The molecule has 0 aliphatic carbocycles. The second kappa shape index (κ2) is 6.26. The van der Waals surface area contributed by atoms with Gasteiger partial charge in [-0.05, 0) is 38.0 Å². The Kier molecular flexibility index (Phi) is 5.29. The van der Waals surface area contributed by atoms with Crippen LogP contribution in [-0.2, 0) is 6.42 Å². The van der Waals surface area contributed by atoms with Crippen molar-refractivity contribution in [1.82, 2.24) is 5.43 Å². The van der Waals surface area contributed by atoms with E-state index in [-0.39, 0.29) is 6.04 Å². The number of nitrogens with one attached hydrogen (secondary N) is 1. The second-order valence-corrected chi connectivity index (χ2v) is 4.78. The maximum Gasteiger partial charge on any atom is 0.0595 e. The summed E-state index contributed by atoms with van der Waals surface area (Å²) in [5, 5.41) is 1.15. The molecule has 0 saturated heterocycles. The highest BCUT2D eigenvalue weighted by molar-refractivity contribution is 6.42. The van der Waals surface area contributed by atoms with Gasteiger partial charge in [0.15, 0.2) is 0 Å². The van der Waals surface area contributed by atoms with Crippen LogP contribution in [0, 0.1) is 0 Å². The van der Waals surface area contributed by atoms with Crippen molar-refractivity contribution in [3.8, 4) is 0 Å². The zero-order valence-corrected chi connectivity index (χ0v) is 10.9. The monoisotopic (exact) mass is 258 g/mol. The van der Waals surface area contributed by atoms with Crippen molar-refractivity contribution in [3.63, 3.8) is 0 Å². The molecule has 0 aliphatic rings. The van der Waals surface area contributed by atoms with Gasteiger partial charge in [-0.15, -0.1) is 0 Å². The van der Waals surface area contributed by atoms with Crippen LogP contribution in [0.25, 0.3) is 0 Å². The maximum absolute atomic E-state index is 5.95. The van der Waals surface area contributed by atoms with Crippen LogP contribution in [-0.4, -0.2) is 6.04 Å². The first-order valence-corrected chi connectivity index (χ1v) is 5.83. The van der Waals surface area contributed by atoms with Crippen molar-refractivity contribution in [2.24, 2.45) is 5.84 Å². The fraction of sp³-hybridized carbons (Fsp3) is 0.333. The standard InChI is InChI=1S/C12H16Cl2N2/c1-8(2)5-10(16-15)6-9-3-4-11(13)12(14)7-9/h3-5,7,10,16H,6,15H2,1-2H3. The summed E-state index contributed by atoms with van der Waals surface area (Å²) in [4.78, 5) is 0. The molecule has 88 valence electrons. The van der Waals surface area contributed by atoms with Crippen LogP contribution in [0.2, 0.25) is 10.0 Å². The molecule has 0 amide bonds. The third-order valence-corrected chi connectivity index (χ3v) is 2.93. The van der Waals surface area contributed by atoms with Gasteiger partial charge in [0.1, 0.15) is 0 Å². The predicted molar refractivity (Wildman–Crippen MR) is 70.7 cm³/mol. The van der Waals surface area contributed by atoms with Gasteiger partial charge >= 0.3 is 0 Å². The molecule has 0 radical (unpaired) electrons. The quantitative estimate of drug-likeness (QED) is 0.494. The number of benzene rings is 1. The summed E-state index contributed by atoms with van der Waals surface area (Å²) in [7, 11) is 0. The number of allylic oxidation sites excluding steroid dienone is 1. The smallest absolute Gasteiger partial charge is 0.0595 e. The zero-order chi connectivity index (χ0) is 12.1. The van der Waals surface area contributed by atoms with Gasteiger partial charge in [0.25, 0.3) is 0 Å². The van der Waals surface area contributed by atoms with E-state index in [4.69, 9.17) is 29.0 Å². The average molecular weight is 259 g/mol. The summed E-state index contributed by atoms with van der Waals surface area (Å²) in [5.74, 6) is 5.48. The lowest BCUT2D eigenvalue weighted by Gasteiger charge is -2.12. The number of hydrazine groups is 1. The molecule has 0 spiro atoms. The lowest BCUT2D eigenvalue weighted by Crippen LogP contribution is -2.35. The summed E-state index contributed by atoms with van der Waals surface area (Å²) < 4.78 is 0. The maximum atomic E-state index is 5.95. The Hall–Kier alpha value is -0.540. The normalized spacial score (nSPS) is 12.3. The number of hydrogen-bond donors (Lipinski definition) is 2. The molecular weight excluding hydrogens is 243 g/mol. The highest BCUT2D eigenvalue weighted by atomic mass is 35.5. The molecular formula is C12H16Cl2N2. The molecule has 4 heteroatoms. The van der Waals surface area contributed by atoms with E-state index in [9.17, 15) is 0 Å². The summed E-state index contributed by atoms with van der Waals surface area (Å²) in [6.45, 7) is 4.08.